The van der Waals surface area contributed by atoms with Crippen molar-refractivity contribution in [1.82, 2.24) is 5.32 Å². The molecule has 0 spiro atoms. The molecule has 0 saturated heterocycles. The molecule has 0 radical (unpaired) electrons. The van der Waals surface area contributed by atoms with E-state index in [1.54, 1.807) is 18.0 Å². The number of nitrogens with one attached hydrogen (secondary N) is 1. The van der Waals surface area contributed by atoms with Crippen molar-refractivity contribution in [3.8, 4) is 0 Å². The fraction of sp³-hybridized carbons (Fsp3) is 0.364. The van der Waals surface area contributed by atoms with E-state index in [1.165, 1.54) is 0 Å². The number of carbonyl (C=O) groups excluding carboxylic acids is 1. The SMILES string of the molecule is CCCN(C(=O)NC)c1ccccc1N. The highest BCUT2D eigenvalue weighted by Crippen LogP contribution is 2.22. The van der Waals surface area contributed by atoms with Gasteiger partial charge in [0.05, 0.1) is 11.4 Å². The number of rotatable bonds is 3. The first-order chi connectivity index (χ1) is 7.20. The molecule has 1 aromatic rings. The molecule has 0 unspecified atom stereocenters. The summed E-state index contributed by atoms with van der Waals surface area (Å²) in [6.45, 7) is 2.68. The lowest BCUT2D eigenvalue weighted by Gasteiger charge is -2.22. The van der Waals surface area contributed by atoms with Crippen LogP contribution in [-0.2, 0) is 0 Å². The zero-order valence-electron chi connectivity index (χ0n) is 9.16. The first kappa shape index (κ1) is 11.4. The van der Waals surface area contributed by atoms with E-state index in [9.17, 15) is 4.79 Å². The number of amides is 2. The number of carbonyl (C=O) groups is 1. The van der Waals surface area contributed by atoms with Gasteiger partial charge in [0.1, 0.15) is 0 Å². The summed E-state index contributed by atoms with van der Waals surface area (Å²) < 4.78 is 0. The quantitative estimate of drug-likeness (QED) is 0.743. The van der Waals surface area contributed by atoms with Crippen molar-refractivity contribution in [2.45, 2.75) is 13.3 Å². The number of urea groups is 1. The van der Waals surface area contributed by atoms with E-state index in [1.807, 2.05) is 25.1 Å². The number of hydrogen-bond acceptors (Lipinski definition) is 2. The van der Waals surface area contributed by atoms with Gasteiger partial charge in [-0.3, -0.25) is 4.90 Å². The van der Waals surface area contributed by atoms with E-state index in [2.05, 4.69) is 5.32 Å². The minimum atomic E-state index is -0.130. The van der Waals surface area contributed by atoms with Crippen LogP contribution in [0, 0.1) is 0 Å². The van der Waals surface area contributed by atoms with Gasteiger partial charge >= 0.3 is 6.03 Å². The van der Waals surface area contributed by atoms with E-state index >= 15 is 0 Å². The monoisotopic (exact) mass is 207 g/mol. The molecule has 2 amide bonds. The number of nitrogens with zero attached hydrogens (tertiary/aromatic N) is 1. The summed E-state index contributed by atoms with van der Waals surface area (Å²) in [7, 11) is 1.62. The van der Waals surface area contributed by atoms with Crippen LogP contribution in [0.2, 0.25) is 0 Å². The zero-order chi connectivity index (χ0) is 11.3. The predicted molar refractivity (Wildman–Crippen MR) is 62.9 cm³/mol. The highest BCUT2D eigenvalue weighted by molar-refractivity contribution is 5.94. The lowest BCUT2D eigenvalue weighted by molar-refractivity contribution is 0.248. The number of nitrogen functional groups attached to an aromatic ring is 1. The lowest BCUT2D eigenvalue weighted by Crippen LogP contribution is -2.39. The molecule has 3 N–H and O–H groups in total. The Morgan fingerprint density at radius 3 is 2.67 bits per heavy atom. The molecular weight excluding hydrogens is 190 g/mol. The van der Waals surface area contributed by atoms with Crippen LogP contribution in [-0.4, -0.2) is 19.6 Å². The van der Waals surface area contributed by atoms with Gasteiger partial charge in [0.2, 0.25) is 0 Å². The largest absolute Gasteiger partial charge is 0.397 e. The fourth-order valence-electron chi connectivity index (χ4n) is 1.42. The zero-order valence-corrected chi connectivity index (χ0v) is 9.16. The molecule has 15 heavy (non-hydrogen) atoms. The second-order valence-electron chi connectivity index (χ2n) is 3.27. The maximum absolute atomic E-state index is 11.6. The normalized spacial score (nSPS) is 9.73. The van der Waals surface area contributed by atoms with Crippen LogP contribution in [0.15, 0.2) is 24.3 Å². The number of benzene rings is 1. The maximum Gasteiger partial charge on any atom is 0.321 e. The van der Waals surface area contributed by atoms with Crippen LogP contribution in [0.1, 0.15) is 13.3 Å². The molecule has 1 rings (SSSR count). The molecule has 1 aromatic carbocycles. The van der Waals surface area contributed by atoms with Gasteiger partial charge in [-0.05, 0) is 18.6 Å². The molecule has 0 aliphatic carbocycles. The van der Waals surface area contributed by atoms with Gasteiger partial charge in [-0.2, -0.15) is 0 Å². The molecule has 82 valence electrons. The minimum Gasteiger partial charge on any atom is -0.397 e. The van der Waals surface area contributed by atoms with Crippen LogP contribution in [0.25, 0.3) is 0 Å². The third-order valence-electron chi connectivity index (χ3n) is 2.13. The first-order valence-corrected chi connectivity index (χ1v) is 5.04. The molecule has 0 aliphatic heterocycles. The lowest BCUT2D eigenvalue weighted by atomic mass is 10.2. The first-order valence-electron chi connectivity index (χ1n) is 5.04. The molecule has 0 atom stereocenters. The van der Waals surface area contributed by atoms with Crippen molar-refractivity contribution in [3.05, 3.63) is 24.3 Å². The van der Waals surface area contributed by atoms with Gasteiger partial charge in [0, 0.05) is 13.6 Å². The van der Waals surface area contributed by atoms with E-state index in [0.717, 1.165) is 12.1 Å². The summed E-state index contributed by atoms with van der Waals surface area (Å²) in [6.07, 6.45) is 0.891. The van der Waals surface area contributed by atoms with Gasteiger partial charge < -0.3 is 11.1 Å². The average Bonchev–Trinajstić information content (AvgIpc) is 2.26. The molecular formula is C11H17N3O. The highest BCUT2D eigenvalue weighted by Gasteiger charge is 2.14. The number of hydrogen-bond donors (Lipinski definition) is 2. The number of anilines is 2. The molecule has 0 bridgehead atoms. The molecule has 0 heterocycles. The summed E-state index contributed by atoms with van der Waals surface area (Å²) in [4.78, 5) is 13.3. The van der Waals surface area contributed by atoms with Gasteiger partial charge in [0.15, 0.2) is 0 Å². The Hall–Kier alpha value is -1.71. The van der Waals surface area contributed by atoms with Crippen LogP contribution in [0.4, 0.5) is 16.2 Å². The van der Waals surface area contributed by atoms with Crippen molar-refractivity contribution >= 4 is 17.4 Å². The molecule has 4 heteroatoms. The Morgan fingerprint density at radius 2 is 2.13 bits per heavy atom. The van der Waals surface area contributed by atoms with Gasteiger partial charge in [-0.25, -0.2) is 4.79 Å². The Labute approximate surface area is 90.1 Å². The van der Waals surface area contributed by atoms with Crippen LogP contribution in [0.3, 0.4) is 0 Å². The standard InChI is InChI=1S/C11H17N3O/c1-3-8-14(11(15)13-2)10-7-5-4-6-9(10)12/h4-7H,3,8,12H2,1-2H3,(H,13,15). The maximum atomic E-state index is 11.6. The summed E-state index contributed by atoms with van der Waals surface area (Å²) in [5.41, 5.74) is 7.21. The third-order valence-corrected chi connectivity index (χ3v) is 2.13. The summed E-state index contributed by atoms with van der Waals surface area (Å²) in [5.74, 6) is 0. The highest BCUT2D eigenvalue weighted by atomic mass is 16.2. The Balaban J connectivity index is 2.98. The van der Waals surface area contributed by atoms with Crippen molar-refractivity contribution in [2.24, 2.45) is 0 Å². The van der Waals surface area contributed by atoms with E-state index in [4.69, 9.17) is 5.73 Å². The Bertz CT molecular complexity index is 338. The average molecular weight is 207 g/mol. The molecule has 0 aromatic heterocycles. The van der Waals surface area contributed by atoms with E-state index in [-0.39, 0.29) is 6.03 Å². The van der Waals surface area contributed by atoms with Gasteiger partial charge in [-0.15, -0.1) is 0 Å². The smallest absolute Gasteiger partial charge is 0.321 e. The van der Waals surface area contributed by atoms with Crippen molar-refractivity contribution in [1.29, 1.82) is 0 Å². The molecule has 4 nitrogen and oxygen atoms in total. The molecule has 0 aliphatic rings. The van der Waals surface area contributed by atoms with Crippen LogP contribution in [0.5, 0.6) is 0 Å². The Morgan fingerprint density at radius 1 is 1.47 bits per heavy atom. The van der Waals surface area contributed by atoms with Gasteiger partial charge in [-0.1, -0.05) is 19.1 Å². The van der Waals surface area contributed by atoms with Crippen molar-refractivity contribution in [3.63, 3.8) is 0 Å². The number of nitrogens with two attached hydrogens (primary N) is 1. The number of para-hydroxylation sites is 2. The summed E-state index contributed by atoms with van der Waals surface area (Å²) in [5, 5.41) is 2.61. The topological polar surface area (TPSA) is 58.4 Å². The Kier molecular flexibility index (Phi) is 3.97. The van der Waals surface area contributed by atoms with Crippen molar-refractivity contribution in [2.75, 3.05) is 24.2 Å². The van der Waals surface area contributed by atoms with Gasteiger partial charge in [0.25, 0.3) is 0 Å². The van der Waals surface area contributed by atoms with E-state index in [0.29, 0.717) is 12.2 Å². The second-order valence-corrected chi connectivity index (χ2v) is 3.27. The minimum absolute atomic E-state index is 0.130. The van der Waals surface area contributed by atoms with E-state index < -0.39 is 0 Å². The van der Waals surface area contributed by atoms with Crippen molar-refractivity contribution < 1.29 is 4.79 Å². The predicted octanol–water partition coefficient (Wildman–Crippen LogP) is 1.82. The summed E-state index contributed by atoms with van der Waals surface area (Å²) >= 11 is 0. The van der Waals surface area contributed by atoms with Crippen LogP contribution >= 0.6 is 0 Å². The fourth-order valence-corrected chi connectivity index (χ4v) is 1.42. The second kappa shape index (κ2) is 5.24. The molecule has 0 fully saturated rings. The van der Waals surface area contributed by atoms with Crippen LogP contribution < -0.4 is 16.0 Å². The summed E-state index contributed by atoms with van der Waals surface area (Å²) in [6, 6.07) is 7.24. The molecule has 0 saturated carbocycles. The third kappa shape index (κ3) is 2.62.